The van der Waals surface area contributed by atoms with Gasteiger partial charge < -0.3 is 5.32 Å². The molecule has 2 aliphatic rings. The summed E-state index contributed by atoms with van der Waals surface area (Å²) in [6.07, 6.45) is 3.64. The van der Waals surface area contributed by atoms with E-state index in [4.69, 9.17) is 0 Å². The number of fused-ring (bicyclic) bond motifs is 1. The van der Waals surface area contributed by atoms with Gasteiger partial charge in [-0.2, -0.15) is 0 Å². The number of hydrogen-bond acceptors (Lipinski definition) is 1. The number of halogens is 1. The lowest BCUT2D eigenvalue weighted by Crippen LogP contribution is -2.17. The highest BCUT2D eigenvalue weighted by Gasteiger charge is 2.35. The van der Waals surface area contributed by atoms with E-state index >= 15 is 0 Å². The van der Waals surface area contributed by atoms with Gasteiger partial charge in [-0.05, 0) is 36.8 Å². The number of para-hydroxylation sites is 1. The van der Waals surface area contributed by atoms with Crippen LogP contribution in [0, 0.1) is 11.7 Å². The van der Waals surface area contributed by atoms with Crippen molar-refractivity contribution in [2.45, 2.75) is 25.3 Å². The molecule has 1 aromatic rings. The molecule has 1 aliphatic carbocycles. The van der Waals surface area contributed by atoms with Crippen molar-refractivity contribution in [2.24, 2.45) is 5.92 Å². The fourth-order valence-corrected chi connectivity index (χ4v) is 2.16. The van der Waals surface area contributed by atoms with E-state index in [0.717, 1.165) is 23.6 Å². The van der Waals surface area contributed by atoms with Crippen LogP contribution < -0.4 is 5.32 Å². The Morgan fingerprint density at radius 3 is 2.85 bits per heavy atom. The summed E-state index contributed by atoms with van der Waals surface area (Å²) in [6.45, 7) is 0. The van der Waals surface area contributed by atoms with Crippen molar-refractivity contribution in [3.05, 3.63) is 29.6 Å². The first-order valence-corrected chi connectivity index (χ1v) is 4.88. The van der Waals surface area contributed by atoms with E-state index in [2.05, 4.69) is 5.32 Å². The molecule has 1 fully saturated rings. The van der Waals surface area contributed by atoms with Gasteiger partial charge in [0, 0.05) is 6.04 Å². The van der Waals surface area contributed by atoms with Crippen LogP contribution in [0.4, 0.5) is 10.1 Å². The van der Waals surface area contributed by atoms with Gasteiger partial charge in [0.05, 0.1) is 5.69 Å². The van der Waals surface area contributed by atoms with Gasteiger partial charge in [0.15, 0.2) is 0 Å². The van der Waals surface area contributed by atoms with Gasteiger partial charge in [-0.3, -0.25) is 0 Å². The Labute approximate surface area is 77.0 Å². The number of benzene rings is 1. The molecule has 1 N–H and O–H groups in total. The van der Waals surface area contributed by atoms with Crippen LogP contribution in [0.5, 0.6) is 0 Å². The van der Waals surface area contributed by atoms with E-state index in [1.54, 1.807) is 6.07 Å². The van der Waals surface area contributed by atoms with Crippen LogP contribution in [0.15, 0.2) is 18.2 Å². The minimum atomic E-state index is -0.0966. The van der Waals surface area contributed by atoms with E-state index in [-0.39, 0.29) is 5.82 Å². The Morgan fingerprint density at radius 2 is 2.15 bits per heavy atom. The summed E-state index contributed by atoms with van der Waals surface area (Å²) in [5, 5.41) is 3.29. The van der Waals surface area contributed by atoms with Crippen molar-refractivity contribution in [3.8, 4) is 0 Å². The van der Waals surface area contributed by atoms with Gasteiger partial charge in [-0.1, -0.05) is 12.1 Å². The van der Waals surface area contributed by atoms with E-state index in [1.165, 1.54) is 18.9 Å². The monoisotopic (exact) mass is 177 g/mol. The summed E-state index contributed by atoms with van der Waals surface area (Å²) in [7, 11) is 0. The van der Waals surface area contributed by atoms with Crippen molar-refractivity contribution in [1.82, 2.24) is 0 Å². The smallest absolute Gasteiger partial charge is 0.146 e. The average Bonchev–Trinajstić information content (AvgIpc) is 2.87. The summed E-state index contributed by atoms with van der Waals surface area (Å²) < 4.78 is 13.3. The molecule has 0 saturated heterocycles. The molecule has 2 heteroatoms. The lowest BCUT2D eigenvalue weighted by molar-refractivity contribution is 0.626. The number of rotatable bonds is 1. The standard InChI is InChI=1S/C11H12FN/c12-9-3-1-2-8-6-10(7-4-5-7)13-11(8)9/h1-3,7,10,13H,4-6H2. The Hall–Kier alpha value is -1.05. The molecule has 0 spiro atoms. The third kappa shape index (κ3) is 1.12. The molecule has 1 nitrogen and oxygen atoms in total. The molecule has 1 atom stereocenters. The van der Waals surface area contributed by atoms with E-state index < -0.39 is 0 Å². The Balaban J connectivity index is 1.94. The minimum absolute atomic E-state index is 0.0966. The van der Waals surface area contributed by atoms with Crippen molar-refractivity contribution in [3.63, 3.8) is 0 Å². The normalized spacial score (nSPS) is 25.5. The van der Waals surface area contributed by atoms with Crippen LogP contribution >= 0.6 is 0 Å². The molecule has 0 bridgehead atoms. The maximum atomic E-state index is 13.3. The van der Waals surface area contributed by atoms with Gasteiger partial charge in [0.2, 0.25) is 0 Å². The highest BCUT2D eigenvalue weighted by Crippen LogP contribution is 2.40. The molecule has 1 unspecified atom stereocenters. The highest BCUT2D eigenvalue weighted by molar-refractivity contribution is 5.58. The second kappa shape index (κ2) is 2.47. The van der Waals surface area contributed by atoms with E-state index in [1.807, 2.05) is 6.07 Å². The summed E-state index contributed by atoms with van der Waals surface area (Å²) in [5.41, 5.74) is 1.90. The molecule has 13 heavy (non-hydrogen) atoms. The molecule has 68 valence electrons. The van der Waals surface area contributed by atoms with E-state index in [9.17, 15) is 4.39 Å². The first kappa shape index (κ1) is 7.36. The zero-order valence-electron chi connectivity index (χ0n) is 7.39. The third-order valence-corrected chi connectivity index (χ3v) is 3.06. The predicted molar refractivity (Wildman–Crippen MR) is 50.2 cm³/mol. The summed E-state index contributed by atoms with van der Waals surface area (Å²) >= 11 is 0. The molecular formula is C11H12FN. The topological polar surface area (TPSA) is 12.0 Å². The number of anilines is 1. The van der Waals surface area contributed by atoms with Crippen molar-refractivity contribution < 1.29 is 4.39 Å². The first-order chi connectivity index (χ1) is 6.34. The quantitative estimate of drug-likeness (QED) is 0.695. The lowest BCUT2D eigenvalue weighted by atomic mass is 10.1. The number of hydrogen-bond donors (Lipinski definition) is 1. The highest BCUT2D eigenvalue weighted by atomic mass is 19.1. The zero-order chi connectivity index (χ0) is 8.84. The fourth-order valence-electron chi connectivity index (χ4n) is 2.16. The second-order valence-corrected chi connectivity index (χ2v) is 4.07. The van der Waals surface area contributed by atoms with Crippen LogP contribution in [0.2, 0.25) is 0 Å². The zero-order valence-corrected chi connectivity index (χ0v) is 7.39. The van der Waals surface area contributed by atoms with Crippen molar-refractivity contribution in [1.29, 1.82) is 0 Å². The third-order valence-electron chi connectivity index (χ3n) is 3.06. The van der Waals surface area contributed by atoms with Gasteiger partial charge in [0.1, 0.15) is 5.82 Å². The lowest BCUT2D eigenvalue weighted by Gasteiger charge is -2.08. The van der Waals surface area contributed by atoms with Gasteiger partial charge in [-0.15, -0.1) is 0 Å². The van der Waals surface area contributed by atoms with Crippen LogP contribution in [-0.2, 0) is 6.42 Å². The molecule has 1 aromatic carbocycles. The minimum Gasteiger partial charge on any atom is -0.379 e. The first-order valence-electron chi connectivity index (χ1n) is 4.88. The largest absolute Gasteiger partial charge is 0.379 e. The molecule has 0 aromatic heterocycles. The Morgan fingerprint density at radius 1 is 1.31 bits per heavy atom. The van der Waals surface area contributed by atoms with Gasteiger partial charge >= 0.3 is 0 Å². The van der Waals surface area contributed by atoms with Crippen LogP contribution in [0.1, 0.15) is 18.4 Å². The Kier molecular flexibility index (Phi) is 1.40. The SMILES string of the molecule is Fc1cccc2c1NC(C1CC1)C2. The predicted octanol–water partition coefficient (Wildman–Crippen LogP) is 2.57. The molecule has 0 amide bonds. The van der Waals surface area contributed by atoms with Gasteiger partial charge in [0.25, 0.3) is 0 Å². The molecule has 3 rings (SSSR count). The van der Waals surface area contributed by atoms with Crippen LogP contribution in [0.25, 0.3) is 0 Å². The summed E-state index contributed by atoms with van der Waals surface area (Å²) in [4.78, 5) is 0. The molecular weight excluding hydrogens is 165 g/mol. The maximum absolute atomic E-state index is 13.3. The summed E-state index contributed by atoms with van der Waals surface area (Å²) in [6, 6.07) is 5.85. The molecule has 1 saturated carbocycles. The van der Waals surface area contributed by atoms with Crippen LogP contribution in [-0.4, -0.2) is 6.04 Å². The van der Waals surface area contributed by atoms with Crippen molar-refractivity contribution in [2.75, 3.05) is 5.32 Å². The number of nitrogens with one attached hydrogen (secondary N) is 1. The summed E-state index contributed by atoms with van der Waals surface area (Å²) in [5.74, 6) is 0.701. The average molecular weight is 177 g/mol. The Bertz CT molecular complexity index is 344. The maximum Gasteiger partial charge on any atom is 0.146 e. The molecule has 1 aliphatic heterocycles. The fraction of sp³-hybridized carbons (Fsp3) is 0.455. The molecule has 1 heterocycles. The second-order valence-electron chi connectivity index (χ2n) is 4.07. The van der Waals surface area contributed by atoms with Crippen LogP contribution in [0.3, 0.4) is 0 Å². The van der Waals surface area contributed by atoms with Crippen molar-refractivity contribution >= 4 is 5.69 Å². The van der Waals surface area contributed by atoms with Gasteiger partial charge in [-0.25, -0.2) is 4.39 Å². The molecule has 0 radical (unpaired) electrons. The van der Waals surface area contributed by atoms with E-state index in [0.29, 0.717) is 6.04 Å².